The van der Waals surface area contributed by atoms with Gasteiger partial charge >= 0.3 is 0 Å². The zero-order valence-electron chi connectivity index (χ0n) is 6.25. The second kappa shape index (κ2) is 1.76. The largest absolute Gasteiger partial charge is 0.383 e. The van der Waals surface area contributed by atoms with E-state index in [0.29, 0.717) is 0 Å². The lowest BCUT2D eigenvalue weighted by Gasteiger charge is -2.14. The molecule has 11 heavy (non-hydrogen) atoms. The summed E-state index contributed by atoms with van der Waals surface area (Å²) < 4.78 is 0. The highest BCUT2D eigenvalue weighted by molar-refractivity contribution is 5.54. The van der Waals surface area contributed by atoms with Crippen LogP contribution in [0.15, 0.2) is 18.3 Å². The minimum atomic E-state index is 0.785. The van der Waals surface area contributed by atoms with Gasteiger partial charge in [0.1, 0.15) is 0 Å². The Bertz CT molecular complexity index is 295. The van der Waals surface area contributed by atoms with Gasteiger partial charge < -0.3 is 5.32 Å². The van der Waals surface area contributed by atoms with Gasteiger partial charge in [0.25, 0.3) is 0 Å². The molecule has 2 heteroatoms. The number of aromatic nitrogens is 1. The summed E-state index contributed by atoms with van der Waals surface area (Å²) in [6.45, 7) is 1.16. The van der Waals surface area contributed by atoms with Gasteiger partial charge in [-0.15, -0.1) is 0 Å². The monoisotopic (exact) mass is 146 g/mol. The molecule has 2 aliphatic rings. The smallest absolute Gasteiger partial charge is 0.0669 e. The van der Waals surface area contributed by atoms with Crippen molar-refractivity contribution in [3.8, 4) is 0 Å². The summed E-state index contributed by atoms with van der Waals surface area (Å²) >= 11 is 0. The molecule has 2 atom stereocenters. The summed E-state index contributed by atoms with van der Waals surface area (Å²) in [7, 11) is 0. The van der Waals surface area contributed by atoms with Crippen molar-refractivity contribution in [1.82, 2.24) is 4.98 Å². The zero-order chi connectivity index (χ0) is 7.26. The van der Waals surface area contributed by atoms with Crippen molar-refractivity contribution < 1.29 is 0 Å². The van der Waals surface area contributed by atoms with E-state index in [1.165, 1.54) is 17.8 Å². The minimum absolute atomic E-state index is 0.785. The molecule has 2 heterocycles. The van der Waals surface area contributed by atoms with Gasteiger partial charge in [0.2, 0.25) is 0 Å². The summed E-state index contributed by atoms with van der Waals surface area (Å²) in [5, 5.41) is 3.39. The van der Waals surface area contributed by atoms with Crippen molar-refractivity contribution in [3.05, 3.63) is 24.0 Å². The molecule has 0 saturated heterocycles. The molecule has 1 aromatic rings. The van der Waals surface area contributed by atoms with Crippen LogP contribution in [0.2, 0.25) is 0 Å². The van der Waals surface area contributed by atoms with Crippen molar-refractivity contribution in [2.45, 2.75) is 12.3 Å². The van der Waals surface area contributed by atoms with Crippen LogP contribution in [0.3, 0.4) is 0 Å². The van der Waals surface area contributed by atoms with Crippen LogP contribution in [-0.2, 0) is 0 Å². The maximum atomic E-state index is 4.38. The van der Waals surface area contributed by atoms with Gasteiger partial charge in [0, 0.05) is 18.7 Å². The first-order valence-electron chi connectivity index (χ1n) is 4.14. The molecule has 0 aromatic carbocycles. The number of rotatable bonds is 0. The Morgan fingerprint density at radius 3 is 3.55 bits per heavy atom. The van der Waals surface area contributed by atoms with E-state index in [1.54, 1.807) is 0 Å². The highest BCUT2D eigenvalue weighted by Gasteiger charge is 2.43. The molecule has 0 radical (unpaired) electrons. The van der Waals surface area contributed by atoms with Crippen LogP contribution in [0.25, 0.3) is 0 Å². The fraction of sp³-hybridized carbons (Fsp3) is 0.444. The summed E-state index contributed by atoms with van der Waals surface area (Å²) in [6, 6.07) is 4.12. The molecule has 1 saturated carbocycles. The molecule has 1 aliphatic carbocycles. The van der Waals surface area contributed by atoms with E-state index in [4.69, 9.17) is 0 Å². The van der Waals surface area contributed by atoms with E-state index in [9.17, 15) is 0 Å². The van der Waals surface area contributed by atoms with Crippen molar-refractivity contribution >= 4 is 5.69 Å². The molecule has 2 unspecified atom stereocenters. The normalized spacial score (nSPS) is 31.6. The second-order valence-electron chi connectivity index (χ2n) is 3.42. The van der Waals surface area contributed by atoms with Gasteiger partial charge in [-0.05, 0) is 24.5 Å². The Morgan fingerprint density at radius 2 is 2.55 bits per heavy atom. The van der Waals surface area contributed by atoms with Crippen molar-refractivity contribution in [2.24, 2.45) is 5.92 Å². The summed E-state index contributed by atoms with van der Waals surface area (Å²) in [5.41, 5.74) is 2.55. The number of fused-ring (bicyclic) bond motifs is 3. The molecule has 1 aliphatic heterocycles. The number of hydrogen-bond donors (Lipinski definition) is 1. The molecule has 1 N–H and O–H groups in total. The van der Waals surface area contributed by atoms with E-state index in [-0.39, 0.29) is 0 Å². The van der Waals surface area contributed by atoms with Crippen LogP contribution in [0, 0.1) is 5.92 Å². The maximum absolute atomic E-state index is 4.38. The standard InChI is InChI=1S/C9H10N2/c1-2-8-9(10-3-1)7-4-6(7)5-11-8/h1-3,6-7,11H,4-5H2. The first-order chi connectivity index (χ1) is 5.45. The molecule has 2 nitrogen and oxygen atoms in total. The average molecular weight is 146 g/mol. The number of nitrogens with one attached hydrogen (secondary N) is 1. The van der Waals surface area contributed by atoms with Crippen molar-refractivity contribution in [3.63, 3.8) is 0 Å². The Labute approximate surface area is 65.6 Å². The third-order valence-corrected chi connectivity index (χ3v) is 2.67. The van der Waals surface area contributed by atoms with Crippen LogP contribution in [0.5, 0.6) is 0 Å². The summed E-state index contributed by atoms with van der Waals surface area (Å²) in [5.74, 6) is 1.67. The Balaban J connectivity index is 2.14. The predicted octanol–water partition coefficient (Wildman–Crippen LogP) is 1.61. The first kappa shape index (κ1) is 5.58. The van der Waals surface area contributed by atoms with Gasteiger partial charge in [-0.1, -0.05) is 0 Å². The van der Waals surface area contributed by atoms with Gasteiger partial charge in [-0.3, -0.25) is 4.98 Å². The third-order valence-electron chi connectivity index (χ3n) is 2.67. The molecule has 56 valence electrons. The second-order valence-corrected chi connectivity index (χ2v) is 3.42. The molecule has 1 fully saturated rings. The van der Waals surface area contributed by atoms with Crippen molar-refractivity contribution in [2.75, 3.05) is 11.9 Å². The van der Waals surface area contributed by atoms with E-state index >= 15 is 0 Å². The number of anilines is 1. The Kier molecular flexibility index (Phi) is 0.891. The Morgan fingerprint density at radius 1 is 1.55 bits per heavy atom. The number of nitrogens with zero attached hydrogens (tertiary/aromatic N) is 1. The molecular formula is C9H10N2. The van der Waals surface area contributed by atoms with Gasteiger partial charge in [-0.2, -0.15) is 0 Å². The highest BCUT2D eigenvalue weighted by atomic mass is 15.0. The molecular weight excluding hydrogens is 136 g/mol. The van der Waals surface area contributed by atoms with E-state index < -0.39 is 0 Å². The molecule has 1 aromatic heterocycles. The van der Waals surface area contributed by atoms with Crippen LogP contribution in [0.4, 0.5) is 5.69 Å². The van der Waals surface area contributed by atoms with Gasteiger partial charge in [-0.25, -0.2) is 0 Å². The highest BCUT2D eigenvalue weighted by Crippen LogP contribution is 2.51. The van der Waals surface area contributed by atoms with E-state index in [2.05, 4.69) is 16.4 Å². The van der Waals surface area contributed by atoms with E-state index in [1.807, 2.05) is 12.3 Å². The fourth-order valence-corrected chi connectivity index (χ4v) is 1.91. The first-order valence-corrected chi connectivity index (χ1v) is 4.14. The van der Waals surface area contributed by atoms with Crippen LogP contribution in [-0.4, -0.2) is 11.5 Å². The quantitative estimate of drug-likeness (QED) is 0.601. The fourth-order valence-electron chi connectivity index (χ4n) is 1.91. The van der Waals surface area contributed by atoms with Crippen LogP contribution >= 0.6 is 0 Å². The van der Waals surface area contributed by atoms with Crippen LogP contribution < -0.4 is 5.32 Å². The lowest BCUT2D eigenvalue weighted by atomic mass is 10.1. The van der Waals surface area contributed by atoms with Crippen LogP contribution in [0.1, 0.15) is 18.0 Å². The molecule has 0 bridgehead atoms. The number of hydrogen-bond acceptors (Lipinski definition) is 2. The lowest BCUT2D eigenvalue weighted by Crippen LogP contribution is -2.12. The van der Waals surface area contributed by atoms with Gasteiger partial charge in [0.05, 0.1) is 11.4 Å². The summed E-state index contributed by atoms with van der Waals surface area (Å²) in [4.78, 5) is 4.38. The predicted molar refractivity (Wildman–Crippen MR) is 43.6 cm³/mol. The molecule has 0 spiro atoms. The Hall–Kier alpha value is -1.05. The number of pyridine rings is 1. The van der Waals surface area contributed by atoms with Gasteiger partial charge in [0.15, 0.2) is 0 Å². The zero-order valence-corrected chi connectivity index (χ0v) is 6.25. The van der Waals surface area contributed by atoms with E-state index in [0.717, 1.165) is 18.4 Å². The van der Waals surface area contributed by atoms with Crippen molar-refractivity contribution in [1.29, 1.82) is 0 Å². The summed E-state index contributed by atoms with van der Waals surface area (Å²) in [6.07, 6.45) is 3.23. The minimum Gasteiger partial charge on any atom is -0.383 e. The molecule has 0 amide bonds. The maximum Gasteiger partial charge on any atom is 0.0669 e. The molecule has 3 rings (SSSR count). The average Bonchev–Trinajstić information content (AvgIpc) is 2.83. The lowest BCUT2D eigenvalue weighted by molar-refractivity contribution is 0.796. The SMILES string of the molecule is c1cnc2c(c1)NCC1CC21. The third kappa shape index (κ3) is 0.694. The topological polar surface area (TPSA) is 24.9 Å².